The summed E-state index contributed by atoms with van der Waals surface area (Å²) in [6.07, 6.45) is 1.48. The van der Waals surface area contributed by atoms with Crippen LogP contribution in [0.25, 0.3) is 6.08 Å². The van der Waals surface area contributed by atoms with Crippen molar-refractivity contribution in [2.24, 2.45) is 0 Å². The van der Waals surface area contributed by atoms with Crippen molar-refractivity contribution >= 4 is 27.8 Å². The number of nitriles is 1. The lowest BCUT2D eigenvalue weighted by molar-refractivity contribution is 0.104. The average molecular weight is 414 g/mol. The molecular weight excluding hydrogens is 394 g/mol. The van der Waals surface area contributed by atoms with Crippen LogP contribution in [0.5, 0.6) is 11.5 Å². The lowest BCUT2D eigenvalue weighted by Crippen LogP contribution is -2.11. The molecule has 0 spiro atoms. The number of hydrogen-bond donors (Lipinski definition) is 1. The normalized spacial score (nSPS) is 11.8. The van der Waals surface area contributed by atoms with Gasteiger partial charge in [-0.1, -0.05) is 45.0 Å². The van der Waals surface area contributed by atoms with Gasteiger partial charge in [0, 0.05) is 5.56 Å². The number of ketones is 1. The first kappa shape index (κ1) is 19.7. The van der Waals surface area contributed by atoms with Gasteiger partial charge in [-0.25, -0.2) is 0 Å². The third-order valence-corrected chi connectivity index (χ3v) is 4.56. The Morgan fingerprint density at radius 1 is 1.23 bits per heavy atom. The number of hydrogen-bond acceptors (Lipinski definition) is 4. The number of aromatic hydroxyl groups is 1. The van der Waals surface area contributed by atoms with Crippen molar-refractivity contribution < 1.29 is 14.6 Å². The quantitative estimate of drug-likeness (QED) is 0.422. The summed E-state index contributed by atoms with van der Waals surface area (Å²) in [6.45, 7) is 6.29. The third kappa shape index (κ3) is 4.33. The summed E-state index contributed by atoms with van der Waals surface area (Å²) in [4.78, 5) is 12.7. The van der Waals surface area contributed by atoms with Crippen molar-refractivity contribution in [2.45, 2.75) is 26.2 Å². The molecule has 2 rings (SSSR count). The van der Waals surface area contributed by atoms with Crippen molar-refractivity contribution in [1.29, 1.82) is 5.26 Å². The van der Waals surface area contributed by atoms with E-state index >= 15 is 0 Å². The SMILES string of the molecule is COc1cc(/C=C(\C#N)C(=O)c2ccc(C(C)(C)C)cc2)cc(Br)c1O. The van der Waals surface area contributed by atoms with Crippen molar-refractivity contribution in [3.05, 3.63) is 63.1 Å². The maximum atomic E-state index is 12.7. The Kier molecular flexibility index (Phi) is 5.89. The van der Waals surface area contributed by atoms with Gasteiger partial charge in [-0.2, -0.15) is 5.26 Å². The summed E-state index contributed by atoms with van der Waals surface area (Å²) >= 11 is 3.23. The Morgan fingerprint density at radius 3 is 2.35 bits per heavy atom. The number of Topliss-reactive ketones (excluding diaryl/α,β-unsaturated/α-hetero) is 1. The van der Waals surface area contributed by atoms with E-state index in [1.807, 2.05) is 18.2 Å². The number of carbonyl (C=O) groups excluding carboxylic acids is 1. The maximum Gasteiger partial charge on any atom is 0.203 e. The second-order valence-corrected chi connectivity index (χ2v) is 7.73. The number of benzene rings is 2. The summed E-state index contributed by atoms with van der Waals surface area (Å²) in [5, 5.41) is 19.3. The van der Waals surface area contributed by atoms with Gasteiger partial charge in [0.15, 0.2) is 11.5 Å². The number of allylic oxidation sites excluding steroid dienone is 1. The van der Waals surface area contributed by atoms with E-state index in [-0.39, 0.29) is 28.3 Å². The highest BCUT2D eigenvalue weighted by atomic mass is 79.9. The largest absolute Gasteiger partial charge is 0.503 e. The molecule has 0 amide bonds. The fraction of sp³-hybridized carbons (Fsp3) is 0.238. The topological polar surface area (TPSA) is 70.3 Å². The molecule has 0 atom stereocenters. The highest BCUT2D eigenvalue weighted by molar-refractivity contribution is 9.10. The molecule has 0 saturated heterocycles. The van der Waals surface area contributed by atoms with Gasteiger partial charge in [0.2, 0.25) is 5.78 Å². The summed E-state index contributed by atoms with van der Waals surface area (Å²) in [7, 11) is 1.43. The van der Waals surface area contributed by atoms with Gasteiger partial charge >= 0.3 is 0 Å². The van der Waals surface area contributed by atoms with E-state index in [0.29, 0.717) is 15.6 Å². The van der Waals surface area contributed by atoms with Crippen LogP contribution in [0.2, 0.25) is 0 Å². The van der Waals surface area contributed by atoms with Gasteiger partial charge < -0.3 is 9.84 Å². The summed E-state index contributed by atoms with van der Waals surface area (Å²) < 4.78 is 5.51. The molecule has 5 heteroatoms. The third-order valence-electron chi connectivity index (χ3n) is 3.96. The minimum atomic E-state index is -0.351. The molecule has 0 aromatic heterocycles. The van der Waals surface area contributed by atoms with Gasteiger partial charge in [0.05, 0.1) is 11.6 Å². The number of ether oxygens (including phenoxy) is 1. The molecule has 0 radical (unpaired) electrons. The van der Waals surface area contributed by atoms with E-state index in [9.17, 15) is 15.2 Å². The summed E-state index contributed by atoms with van der Waals surface area (Å²) in [5.41, 5.74) is 2.14. The highest BCUT2D eigenvalue weighted by Crippen LogP contribution is 2.36. The molecule has 134 valence electrons. The first-order chi connectivity index (χ1) is 12.2. The zero-order valence-electron chi connectivity index (χ0n) is 15.1. The van der Waals surface area contributed by atoms with Crippen LogP contribution in [-0.4, -0.2) is 18.0 Å². The van der Waals surface area contributed by atoms with Gasteiger partial charge in [-0.15, -0.1) is 0 Å². The number of phenols is 1. The van der Waals surface area contributed by atoms with Crippen LogP contribution in [-0.2, 0) is 5.41 Å². The predicted octanol–water partition coefficient (Wildman–Crippen LogP) is 5.25. The fourth-order valence-corrected chi connectivity index (χ4v) is 2.88. The Morgan fingerprint density at radius 2 is 1.85 bits per heavy atom. The molecule has 0 unspecified atom stereocenters. The van der Waals surface area contributed by atoms with E-state index in [0.717, 1.165) is 5.56 Å². The monoisotopic (exact) mass is 413 g/mol. The highest BCUT2D eigenvalue weighted by Gasteiger charge is 2.17. The molecule has 0 aliphatic rings. The number of halogens is 1. The zero-order valence-corrected chi connectivity index (χ0v) is 16.7. The molecule has 0 aliphatic carbocycles. The Balaban J connectivity index is 2.39. The summed E-state index contributed by atoms with van der Waals surface area (Å²) in [5.74, 6) is -0.131. The van der Waals surface area contributed by atoms with Crippen LogP contribution in [0.4, 0.5) is 0 Å². The molecule has 0 bridgehead atoms. The Hall–Kier alpha value is -2.58. The van der Waals surface area contributed by atoms with Crippen molar-refractivity contribution in [3.63, 3.8) is 0 Å². The van der Waals surface area contributed by atoms with Crippen LogP contribution in [0.3, 0.4) is 0 Å². The summed E-state index contributed by atoms with van der Waals surface area (Å²) in [6, 6.07) is 12.4. The molecule has 1 N–H and O–H groups in total. The molecule has 2 aromatic carbocycles. The smallest absolute Gasteiger partial charge is 0.203 e. The lowest BCUT2D eigenvalue weighted by atomic mass is 9.86. The van der Waals surface area contributed by atoms with E-state index in [1.54, 1.807) is 24.3 Å². The second kappa shape index (κ2) is 7.76. The molecule has 0 saturated carbocycles. The van der Waals surface area contributed by atoms with Crippen LogP contribution >= 0.6 is 15.9 Å². The first-order valence-corrected chi connectivity index (χ1v) is 8.80. The predicted molar refractivity (Wildman–Crippen MR) is 105 cm³/mol. The Bertz CT molecular complexity index is 901. The molecule has 0 heterocycles. The van der Waals surface area contributed by atoms with Crippen molar-refractivity contribution in [2.75, 3.05) is 7.11 Å². The average Bonchev–Trinajstić information content (AvgIpc) is 2.61. The van der Waals surface area contributed by atoms with Crippen LogP contribution in [0, 0.1) is 11.3 Å². The molecular formula is C21H20BrNO3. The molecule has 0 fully saturated rings. The minimum Gasteiger partial charge on any atom is -0.503 e. The lowest BCUT2D eigenvalue weighted by Gasteiger charge is -2.18. The standard InChI is InChI=1S/C21H20BrNO3/c1-21(2,3)16-7-5-14(6-8-16)19(24)15(12-23)9-13-10-17(22)20(25)18(11-13)26-4/h5-11,25H,1-4H3/b15-9+. The van der Waals surface area contributed by atoms with Gasteiger partial charge in [-0.05, 0) is 50.7 Å². The van der Waals surface area contributed by atoms with Crippen molar-refractivity contribution in [3.8, 4) is 17.6 Å². The molecule has 0 aliphatic heterocycles. The number of methoxy groups -OCH3 is 1. The molecule has 2 aromatic rings. The van der Waals surface area contributed by atoms with E-state index in [1.165, 1.54) is 13.2 Å². The van der Waals surface area contributed by atoms with Crippen LogP contribution in [0.1, 0.15) is 42.3 Å². The van der Waals surface area contributed by atoms with Crippen LogP contribution < -0.4 is 4.74 Å². The first-order valence-electron chi connectivity index (χ1n) is 8.01. The van der Waals surface area contributed by atoms with Crippen LogP contribution in [0.15, 0.2) is 46.4 Å². The van der Waals surface area contributed by atoms with Gasteiger partial charge in [0.1, 0.15) is 11.6 Å². The van der Waals surface area contributed by atoms with E-state index in [2.05, 4.69) is 36.7 Å². The number of nitrogens with zero attached hydrogens (tertiary/aromatic N) is 1. The molecule has 4 nitrogen and oxygen atoms in total. The number of rotatable bonds is 4. The number of carbonyl (C=O) groups is 1. The Labute approximate surface area is 161 Å². The zero-order chi connectivity index (χ0) is 19.5. The van der Waals surface area contributed by atoms with Crippen molar-refractivity contribution in [1.82, 2.24) is 0 Å². The minimum absolute atomic E-state index is 0.00755. The van der Waals surface area contributed by atoms with E-state index < -0.39 is 0 Å². The van der Waals surface area contributed by atoms with Gasteiger partial charge in [-0.3, -0.25) is 4.79 Å². The number of phenolic OH excluding ortho intramolecular Hbond substituents is 1. The fourth-order valence-electron chi connectivity index (χ4n) is 2.43. The van der Waals surface area contributed by atoms with E-state index in [4.69, 9.17) is 4.74 Å². The maximum absolute atomic E-state index is 12.7. The molecule has 26 heavy (non-hydrogen) atoms. The van der Waals surface area contributed by atoms with Gasteiger partial charge in [0.25, 0.3) is 0 Å². The second-order valence-electron chi connectivity index (χ2n) is 6.88.